The summed E-state index contributed by atoms with van der Waals surface area (Å²) in [4.78, 5) is 31.1. The van der Waals surface area contributed by atoms with Crippen molar-refractivity contribution >= 4 is 106 Å². The zero-order valence-corrected chi connectivity index (χ0v) is 26.2. The monoisotopic (exact) mass is 685 g/mol. The standard InChI is InChI=1S/C30H18BrCl2NO5S2/c1-3-37-21-12-15(5-9-20(21)38-30(36)27-25(33)17-7-4-14(2)10-22(17)41-27)11-19-29(35)39-28(34-19)26-24(32)18-8-6-16(31)13-23(18)40-26/h4-13H,3H2,1-2H3/b19-11+. The van der Waals surface area contributed by atoms with Crippen molar-refractivity contribution in [2.45, 2.75) is 13.8 Å². The lowest BCUT2D eigenvalue weighted by Gasteiger charge is -2.11. The van der Waals surface area contributed by atoms with E-state index < -0.39 is 11.9 Å². The zero-order valence-electron chi connectivity index (χ0n) is 21.4. The number of esters is 2. The van der Waals surface area contributed by atoms with Crippen LogP contribution in [0.2, 0.25) is 10.0 Å². The molecule has 2 aromatic heterocycles. The van der Waals surface area contributed by atoms with Crippen molar-refractivity contribution in [3.8, 4) is 11.5 Å². The Morgan fingerprint density at radius 2 is 1.76 bits per heavy atom. The van der Waals surface area contributed by atoms with Gasteiger partial charge in [0.1, 0.15) is 9.75 Å². The first-order valence-corrected chi connectivity index (χ1v) is 15.5. The molecule has 6 rings (SSSR count). The number of aliphatic imine (C=N–C) groups is 1. The van der Waals surface area contributed by atoms with Crippen LogP contribution in [0.4, 0.5) is 0 Å². The van der Waals surface area contributed by atoms with Gasteiger partial charge < -0.3 is 14.2 Å². The highest BCUT2D eigenvalue weighted by Gasteiger charge is 2.28. The minimum absolute atomic E-state index is 0.106. The van der Waals surface area contributed by atoms with Crippen molar-refractivity contribution in [3.05, 3.63) is 95.7 Å². The molecule has 1 aliphatic heterocycles. The Bertz CT molecular complexity index is 1960. The van der Waals surface area contributed by atoms with Gasteiger partial charge in [-0.15, -0.1) is 22.7 Å². The van der Waals surface area contributed by atoms with Crippen LogP contribution in [0, 0.1) is 6.92 Å². The van der Waals surface area contributed by atoms with Crippen LogP contribution in [0.5, 0.6) is 11.5 Å². The molecule has 206 valence electrons. The highest BCUT2D eigenvalue weighted by atomic mass is 79.9. The van der Waals surface area contributed by atoms with Gasteiger partial charge in [0.05, 0.1) is 16.7 Å². The minimum atomic E-state index is -0.599. The second kappa shape index (κ2) is 11.2. The lowest BCUT2D eigenvalue weighted by atomic mass is 10.1. The number of thiophene rings is 2. The van der Waals surface area contributed by atoms with E-state index in [4.69, 9.17) is 37.4 Å². The van der Waals surface area contributed by atoms with Crippen molar-refractivity contribution in [3.63, 3.8) is 0 Å². The Labute approximate surface area is 260 Å². The van der Waals surface area contributed by atoms with E-state index in [1.807, 2.05) is 50.2 Å². The van der Waals surface area contributed by atoms with Gasteiger partial charge in [0, 0.05) is 24.6 Å². The number of carbonyl (C=O) groups is 2. The Morgan fingerprint density at radius 1 is 1.00 bits per heavy atom. The molecular formula is C30H18BrCl2NO5S2. The van der Waals surface area contributed by atoms with Gasteiger partial charge in [-0.1, -0.05) is 63.4 Å². The fraction of sp³-hybridized carbons (Fsp3) is 0.100. The van der Waals surface area contributed by atoms with E-state index in [0.29, 0.717) is 37.7 Å². The van der Waals surface area contributed by atoms with Gasteiger partial charge in [-0.25, -0.2) is 14.6 Å². The van der Waals surface area contributed by atoms with Crippen molar-refractivity contribution in [1.29, 1.82) is 0 Å². The first-order valence-electron chi connectivity index (χ1n) is 12.3. The van der Waals surface area contributed by atoms with Gasteiger partial charge in [0.25, 0.3) is 0 Å². The number of ether oxygens (including phenoxy) is 3. The molecule has 0 saturated heterocycles. The maximum atomic E-state index is 13.1. The van der Waals surface area contributed by atoms with Gasteiger partial charge in [-0.3, -0.25) is 0 Å². The van der Waals surface area contributed by atoms with E-state index in [9.17, 15) is 9.59 Å². The highest BCUT2D eigenvalue weighted by Crippen LogP contribution is 2.40. The molecule has 3 heterocycles. The summed E-state index contributed by atoms with van der Waals surface area (Å²) >= 11 is 19.2. The first kappa shape index (κ1) is 27.9. The van der Waals surface area contributed by atoms with Crippen LogP contribution in [-0.2, 0) is 9.53 Å². The molecule has 6 nitrogen and oxygen atoms in total. The smallest absolute Gasteiger partial charge is 0.363 e. The molecule has 0 unspecified atom stereocenters. The maximum absolute atomic E-state index is 13.1. The van der Waals surface area contributed by atoms with Gasteiger partial charge in [0.15, 0.2) is 17.2 Å². The van der Waals surface area contributed by atoms with Gasteiger partial charge >= 0.3 is 11.9 Å². The molecule has 41 heavy (non-hydrogen) atoms. The van der Waals surface area contributed by atoms with E-state index in [2.05, 4.69) is 20.9 Å². The Morgan fingerprint density at radius 3 is 2.56 bits per heavy atom. The van der Waals surface area contributed by atoms with Gasteiger partial charge in [0.2, 0.25) is 5.90 Å². The molecule has 11 heteroatoms. The van der Waals surface area contributed by atoms with Crippen LogP contribution in [-0.4, -0.2) is 24.4 Å². The van der Waals surface area contributed by atoms with E-state index in [1.54, 1.807) is 24.3 Å². The normalized spacial score (nSPS) is 14.1. The van der Waals surface area contributed by atoms with Crippen molar-refractivity contribution in [1.82, 2.24) is 0 Å². The lowest BCUT2D eigenvalue weighted by molar-refractivity contribution is -0.129. The molecule has 0 fully saturated rings. The zero-order chi connectivity index (χ0) is 28.8. The number of hydrogen-bond donors (Lipinski definition) is 0. The third-order valence-electron chi connectivity index (χ3n) is 6.15. The molecule has 0 radical (unpaired) electrons. The van der Waals surface area contributed by atoms with Crippen molar-refractivity contribution < 1.29 is 23.8 Å². The summed E-state index contributed by atoms with van der Waals surface area (Å²) in [7, 11) is 0. The largest absolute Gasteiger partial charge is 0.490 e. The number of benzene rings is 3. The van der Waals surface area contributed by atoms with Crippen LogP contribution in [0.15, 0.2) is 69.8 Å². The van der Waals surface area contributed by atoms with Crippen LogP contribution in [0.25, 0.3) is 26.2 Å². The molecule has 0 atom stereocenters. The van der Waals surface area contributed by atoms with Crippen LogP contribution < -0.4 is 9.47 Å². The predicted octanol–water partition coefficient (Wildman–Crippen LogP) is 9.46. The van der Waals surface area contributed by atoms with Crippen molar-refractivity contribution in [2.75, 3.05) is 6.61 Å². The molecule has 0 amide bonds. The average Bonchev–Trinajstić information content (AvgIpc) is 3.57. The quantitative estimate of drug-likeness (QED) is 0.101. The number of nitrogens with zero attached hydrogens (tertiary/aromatic N) is 1. The summed E-state index contributed by atoms with van der Waals surface area (Å²) in [5.74, 6) is -0.476. The molecule has 5 aromatic rings. The summed E-state index contributed by atoms with van der Waals surface area (Å²) in [5, 5.41) is 2.48. The maximum Gasteiger partial charge on any atom is 0.363 e. The first-order chi connectivity index (χ1) is 19.7. The molecular weight excluding hydrogens is 669 g/mol. The molecule has 0 saturated carbocycles. The summed E-state index contributed by atoms with van der Waals surface area (Å²) in [6.45, 7) is 4.13. The molecule has 1 aliphatic rings. The number of rotatable bonds is 6. The third-order valence-corrected chi connectivity index (χ3v) is 9.93. The van der Waals surface area contributed by atoms with Gasteiger partial charge in [-0.2, -0.15) is 0 Å². The van der Waals surface area contributed by atoms with Crippen LogP contribution in [0.1, 0.15) is 32.6 Å². The fourth-order valence-corrected chi connectivity index (χ4v) is 7.73. The third kappa shape index (κ3) is 5.40. The fourth-order valence-electron chi connectivity index (χ4n) is 4.26. The van der Waals surface area contributed by atoms with E-state index in [0.717, 1.165) is 30.2 Å². The predicted molar refractivity (Wildman–Crippen MR) is 169 cm³/mol. The van der Waals surface area contributed by atoms with E-state index in [-0.39, 0.29) is 17.3 Å². The van der Waals surface area contributed by atoms with Crippen LogP contribution >= 0.6 is 61.8 Å². The minimum Gasteiger partial charge on any atom is -0.490 e. The number of aryl methyl sites for hydroxylation is 1. The number of halogens is 3. The number of hydrogen-bond acceptors (Lipinski definition) is 8. The highest BCUT2D eigenvalue weighted by molar-refractivity contribution is 9.10. The second-order valence-corrected chi connectivity index (χ2v) is 12.8. The van der Waals surface area contributed by atoms with Gasteiger partial charge in [-0.05, 0) is 61.4 Å². The number of fused-ring (bicyclic) bond motifs is 2. The molecule has 0 aliphatic carbocycles. The lowest BCUT2D eigenvalue weighted by Crippen LogP contribution is -2.08. The SMILES string of the molecule is CCOc1cc(/C=C2/N=C(c3sc4cc(Br)ccc4c3Cl)OC2=O)ccc1OC(=O)c1sc2cc(C)ccc2c1Cl. The molecule has 0 spiro atoms. The van der Waals surface area contributed by atoms with E-state index >= 15 is 0 Å². The molecule has 0 N–H and O–H groups in total. The summed E-state index contributed by atoms with van der Waals surface area (Å²) < 4.78 is 19.7. The Kier molecular flexibility index (Phi) is 7.65. The summed E-state index contributed by atoms with van der Waals surface area (Å²) in [5.41, 5.74) is 1.78. The second-order valence-electron chi connectivity index (χ2n) is 9.00. The topological polar surface area (TPSA) is 74.2 Å². The number of cyclic esters (lactones) is 1. The molecule has 3 aromatic carbocycles. The molecule has 0 bridgehead atoms. The van der Waals surface area contributed by atoms with Crippen LogP contribution in [0.3, 0.4) is 0 Å². The Balaban J connectivity index is 1.29. The number of carbonyl (C=O) groups excluding carboxylic acids is 2. The summed E-state index contributed by atoms with van der Waals surface area (Å²) in [6.07, 6.45) is 1.58. The Hall–Kier alpha value is -3.21. The van der Waals surface area contributed by atoms with Crippen molar-refractivity contribution in [2.24, 2.45) is 4.99 Å². The van der Waals surface area contributed by atoms with E-state index in [1.165, 1.54) is 22.7 Å². The summed E-state index contributed by atoms with van der Waals surface area (Å²) in [6, 6.07) is 16.5. The average molecular weight is 687 g/mol.